The van der Waals surface area contributed by atoms with Gasteiger partial charge in [0.2, 0.25) is 5.91 Å². The van der Waals surface area contributed by atoms with Crippen LogP contribution in [0.25, 0.3) is 0 Å². The summed E-state index contributed by atoms with van der Waals surface area (Å²) in [6, 6.07) is 13.3. The van der Waals surface area contributed by atoms with E-state index in [2.05, 4.69) is 5.32 Å². The van der Waals surface area contributed by atoms with Gasteiger partial charge in [0.25, 0.3) is 5.91 Å². The number of halogens is 1. The van der Waals surface area contributed by atoms with Crippen LogP contribution in [0.15, 0.2) is 48.5 Å². The monoisotopic (exact) mass is 385 g/mol. The first kappa shape index (κ1) is 19.8. The maximum atomic E-state index is 12.9. The van der Waals surface area contributed by atoms with Crippen molar-refractivity contribution >= 4 is 17.5 Å². The van der Waals surface area contributed by atoms with Crippen molar-refractivity contribution in [3.8, 4) is 5.75 Å². The second-order valence-corrected chi connectivity index (χ2v) is 6.82. The second-order valence-electron chi connectivity index (χ2n) is 6.82. The normalized spacial score (nSPS) is 14.6. The lowest BCUT2D eigenvalue weighted by atomic mass is 10.2. The third-order valence-electron chi connectivity index (χ3n) is 4.57. The number of piperazine rings is 1. The molecule has 3 rings (SSSR count). The average Bonchev–Trinajstić information content (AvgIpc) is 2.68. The molecule has 2 aromatic carbocycles. The largest absolute Gasteiger partial charge is 0.484 e. The van der Waals surface area contributed by atoms with Gasteiger partial charge in [-0.2, -0.15) is 0 Å². The number of ether oxygens (including phenoxy) is 1. The first-order valence-electron chi connectivity index (χ1n) is 9.24. The highest BCUT2D eigenvalue weighted by atomic mass is 19.1. The van der Waals surface area contributed by atoms with Crippen molar-refractivity contribution in [2.45, 2.75) is 6.92 Å². The maximum Gasteiger partial charge on any atom is 0.260 e. The van der Waals surface area contributed by atoms with Crippen LogP contribution in [0.3, 0.4) is 0 Å². The molecule has 0 aromatic heterocycles. The highest BCUT2D eigenvalue weighted by molar-refractivity contribution is 5.92. The molecule has 7 heteroatoms. The Morgan fingerprint density at radius 1 is 1.07 bits per heavy atom. The van der Waals surface area contributed by atoms with E-state index in [1.807, 2.05) is 36.1 Å². The Morgan fingerprint density at radius 3 is 2.46 bits per heavy atom. The third kappa shape index (κ3) is 5.79. The third-order valence-corrected chi connectivity index (χ3v) is 4.57. The summed E-state index contributed by atoms with van der Waals surface area (Å²) >= 11 is 0. The highest BCUT2D eigenvalue weighted by Gasteiger charge is 2.22. The maximum absolute atomic E-state index is 12.9. The molecule has 1 fully saturated rings. The van der Waals surface area contributed by atoms with Gasteiger partial charge in [-0.15, -0.1) is 0 Å². The molecule has 0 aliphatic carbocycles. The number of aryl methyl sites for hydroxylation is 1. The Balaban J connectivity index is 1.39. The summed E-state index contributed by atoms with van der Waals surface area (Å²) in [4.78, 5) is 28.2. The van der Waals surface area contributed by atoms with E-state index in [1.165, 1.54) is 24.3 Å². The average molecular weight is 385 g/mol. The van der Waals surface area contributed by atoms with Gasteiger partial charge in [-0.25, -0.2) is 4.39 Å². The SMILES string of the molecule is Cc1cccc(OCC(=O)N2CCN(CC(=O)Nc3ccc(F)cc3)CC2)c1. The van der Waals surface area contributed by atoms with Crippen molar-refractivity contribution in [1.29, 1.82) is 0 Å². The Kier molecular flexibility index (Phi) is 6.60. The van der Waals surface area contributed by atoms with E-state index in [-0.39, 0.29) is 30.8 Å². The van der Waals surface area contributed by atoms with Crippen molar-refractivity contribution in [2.75, 3.05) is 44.6 Å². The molecule has 28 heavy (non-hydrogen) atoms. The number of hydrogen-bond donors (Lipinski definition) is 1. The lowest BCUT2D eigenvalue weighted by Crippen LogP contribution is -2.51. The van der Waals surface area contributed by atoms with Crippen LogP contribution in [0.4, 0.5) is 10.1 Å². The van der Waals surface area contributed by atoms with Crippen LogP contribution in [0.1, 0.15) is 5.56 Å². The van der Waals surface area contributed by atoms with E-state index < -0.39 is 0 Å². The summed E-state index contributed by atoms with van der Waals surface area (Å²) in [7, 11) is 0. The number of carbonyl (C=O) groups is 2. The lowest BCUT2D eigenvalue weighted by Gasteiger charge is -2.34. The molecule has 1 saturated heterocycles. The molecular formula is C21H24FN3O3. The standard InChI is InChI=1S/C21H24FN3O3/c1-16-3-2-4-19(13-16)28-15-21(27)25-11-9-24(10-12-25)14-20(26)23-18-7-5-17(22)6-8-18/h2-8,13H,9-12,14-15H2,1H3,(H,23,26). The molecule has 0 unspecified atom stereocenters. The van der Waals surface area contributed by atoms with Crippen LogP contribution in [-0.4, -0.2) is 60.9 Å². The number of amides is 2. The van der Waals surface area contributed by atoms with Crippen LogP contribution in [0.5, 0.6) is 5.75 Å². The number of rotatable bonds is 6. The van der Waals surface area contributed by atoms with Gasteiger partial charge in [0, 0.05) is 31.9 Å². The van der Waals surface area contributed by atoms with Crippen LogP contribution in [0, 0.1) is 12.7 Å². The molecule has 1 aliphatic rings. The molecule has 148 valence electrons. The number of anilines is 1. The highest BCUT2D eigenvalue weighted by Crippen LogP contribution is 2.13. The lowest BCUT2D eigenvalue weighted by molar-refractivity contribution is -0.135. The van der Waals surface area contributed by atoms with E-state index >= 15 is 0 Å². The summed E-state index contributed by atoms with van der Waals surface area (Å²) in [5.41, 5.74) is 1.64. The summed E-state index contributed by atoms with van der Waals surface area (Å²) < 4.78 is 18.5. The Morgan fingerprint density at radius 2 is 1.79 bits per heavy atom. The Bertz CT molecular complexity index is 818. The first-order chi connectivity index (χ1) is 13.5. The van der Waals surface area contributed by atoms with Crippen LogP contribution < -0.4 is 10.1 Å². The number of nitrogens with zero attached hydrogens (tertiary/aromatic N) is 2. The Labute approximate surface area is 163 Å². The van der Waals surface area contributed by atoms with Gasteiger partial charge in [0.05, 0.1) is 6.54 Å². The topological polar surface area (TPSA) is 61.9 Å². The number of hydrogen-bond acceptors (Lipinski definition) is 4. The number of benzene rings is 2. The van der Waals surface area contributed by atoms with Gasteiger partial charge in [-0.3, -0.25) is 14.5 Å². The molecule has 1 heterocycles. The van der Waals surface area contributed by atoms with Crippen LogP contribution in [0.2, 0.25) is 0 Å². The minimum absolute atomic E-state index is 0.00844. The van der Waals surface area contributed by atoms with Gasteiger partial charge in [-0.1, -0.05) is 12.1 Å². The van der Waals surface area contributed by atoms with Crippen molar-refractivity contribution in [1.82, 2.24) is 9.80 Å². The van der Waals surface area contributed by atoms with E-state index in [9.17, 15) is 14.0 Å². The van der Waals surface area contributed by atoms with E-state index in [1.54, 1.807) is 4.90 Å². The van der Waals surface area contributed by atoms with Crippen LogP contribution >= 0.6 is 0 Å². The van der Waals surface area contributed by atoms with E-state index in [0.717, 1.165) is 5.56 Å². The summed E-state index contributed by atoms with van der Waals surface area (Å²) in [6.07, 6.45) is 0. The minimum atomic E-state index is -0.342. The molecule has 0 spiro atoms. The van der Waals surface area contributed by atoms with Gasteiger partial charge in [0.15, 0.2) is 6.61 Å². The fourth-order valence-corrected chi connectivity index (χ4v) is 3.03. The fourth-order valence-electron chi connectivity index (χ4n) is 3.03. The molecule has 0 bridgehead atoms. The van der Waals surface area contributed by atoms with Gasteiger partial charge in [-0.05, 0) is 48.9 Å². The fraction of sp³-hybridized carbons (Fsp3) is 0.333. The number of nitrogens with one attached hydrogen (secondary N) is 1. The van der Waals surface area contributed by atoms with Crippen molar-refractivity contribution in [3.63, 3.8) is 0 Å². The van der Waals surface area contributed by atoms with E-state index in [0.29, 0.717) is 37.6 Å². The Hall–Kier alpha value is -2.93. The molecule has 2 amide bonds. The molecule has 1 N–H and O–H groups in total. The number of carbonyl (C=O) groups excluding carboxylic acids is 2. The van der Waals surface area contributed by atoms with Crippen LogP contribution in [-0.2, 0) is 9.59 Å². The summed E-state index contributed by atoms with van der Waals surface area (Å²) in [5.74, 6) is 0.126. The molecule has 0 radical (unpaired) electrons. The zero-order valence-corrected chi connectivity index (χ0v) is 15.9. The van der Waals surface area contributed by atoms with E-state index in [4.69, 9.17) is 4.74 Å². The van der Waals surface area contributed by atoms with Crippen molar-refractivity contribution in [3.05, 3.63) is 59.9 Å². The predicted molar refractivity (Wildman–Crippen MR) is 105 cm³/mol. The predicted octanol–water partition coefficient (Wildman–Crippen LogP) is 2.30. The second kappa shape index (κ2) is 9.32. The zero-order valence-electron chi connectivity index (χ0n) is 15.9. The zero-order chi connectivity index (χ0) is 19.9. The smallest absolute Gasteiger partial charge is 0.260 e. The van der Waals surface area contributed by atoms with Gasteiger partial charge in [0.1, 0.15) is 11.6 Å². The van der Waals surface area contributed by atoms with Gasteiger partial charge >= 0.3 is 0 Å². The molecule has 0 atom stereocenters. The molecule has 6 nitrogen and oxygen atoms in total. The molecule has 0 saturated carbocycles. The molecule has 1 aliphatic heterocycles. The first-order valence-corrected chi connectivity index (χ1v) is 9.24. The van der Waals surface area contributed by atoms with Crippen molar-refractivity contribution in [2.24, 2.45) is 0 Å². The molecule has 2 aromatic rings. The minimum Gasteiger partial charge on any atom is -0.484 e. The quantitative estimate of drug-likeness (QED) is 0.829. The van der Waals surface area contributed by atoms with Gasteiger partial charge < -0.3 is 15.0 Å². The summed E-state index contributed by atoms with van der Waals surface area (Å²) in [6.45, 7) is 4.56. The van der Waals surface area contributed by atoms with Crippen molar-refractivity contribution < 1.29 is 18.7 Å². The summed E-state index contributed by atoms with van der Waals surface area (Å²) in [5, 5.41) is 2.75. The molecular weight excluding hydrogens is 361 g/mol.